The number of imidazole rings is 1. The number of anilines is 1. The summed E-state index contributed by atoms with van der Waals surface area (Å²) in [6.07, 6.45) is 7.86. The molecule has 2 N–H and O–H groups in total. The van der Waals surface area contributed by atoms with Crippen molar-refractivity contribution >= 4 is 17.8 Å². The first-order chi connectivity index (χ1) is 17.6. The number of benzene rings is 1. The Morgan fingerprint density at radius 3 is 2.67 bits per heavy atom. The highest BCUT2D eigenvalue weighted by Gasteiger charge is 2.32. The standard InChI is InChI=1S/C25H32N8O3/c1-3-9-28-25(35)31-13-14-33(22-8-10-27-24(30-22)32-12-11-26-18-32)20(17-31)15-23(34)29-16-19-4-6-21(36-2)7-5-19/h4-8,10-12,18,20H,3,9,13-17H2,1-2H3,(H,28,35)(H,29,34). The Balaban J connectivity index is 1.47. The van der Waals surface area contributed by atoms with Gasteiger partial charge in [0.15, 0.2) is 0 Å². The third kappa shape index (κ3) is 6.29. The topological polar surface area (TPSA) is 118 Å². The van der Waals surface area contributed by atoms with E-state index in [1.807, 2.05) is 37.3 Å². The summed E-state index contributed by atoms with van der Waals surface area (Å²) in [7, 11) is 1.62. The fourth-order valence-corrected chi connectivity index (χ4v) is 4.09. The summed E-state index contributed by atoms with van der Waals surface area (Å²) in [5.41, 5.74) is 0.978. The molecule has 0 saturated carbocycles. The Bertz CT molecular complexity index is 1140. The van der Waals surface area contributed by atoms with E-state index in [9.17, 15) is 9.59 Å². The molecule has 1 aliphatic heterocycles. The maximum atomic E-state index is 13.0. The molecule has 0 aliphatic carbocycles. The van der Waals surface area contributed by atoms with Gasteiger partial charge in [-0.05, 0) is 30.2 Å². The van der Waals surface area contributed by atoms with Gasteiger partial charge in [0.1, 0.15) is 17.9 Å². The SMILES string of the molecule is CCCNC(=O)N1CCN(c2ccnc(-n3ccnc3)n2)C(CC(=O)NCc2ccc(OC)cc2)C1. The van der Waals surface area contributed by atoms with E-state index in [4.69, 9.17) is 9.72 Å². The molecule has 0 spiro atoms. The van der Waals surface area contributed by atoms with Crippen LogP contribution in [-0.4, -0.2) is 75.7 Å². The Morgan fingerprint density at radius 1 is 1.11 bits per heavy atom. The average molecular weight is 493 g/mol. The third-order valence-corrected chi connectivity index (χ3v) is 6.02. The van der Waals surface area contributed by atoms with Crippen molar-refractivity contribution in [3.05, 3.63) is 60.8 Å². The fraction of sp³-hybridized carbons (Fsp3) is 0.400. The molecular weight excluding hydrogens is 460 g/mol. The molecule has 36 heavy (non-hydrogen) atoms. The number of nitrogens with one attached hydrogen (secondary N) is 2. The third-order valence-electron chi connectivity index (χ3n) is 6.02. The molecule has 1 fully saturated rings. The van der Waals surface area contributed by atoms with Gasteiger partial charge >= 0.3 is 6.03 Å². The van der Waals surface area contributed by atoms with Gasteiger partial charge in [0.25, 0.3) is 0 Å². The fourth-order valence-electron chi connectivity index (χ4n) is 4.09. The average Bonchev–Trinajstić information content (AvgIpc) is 3.46. The molecule has 11 heteroatoms. The van der Waals surface area contributed by atoms with Gasteiger partial charge in [0.2, 0.25) is 11.9 Å². The minimum atomic E-state index is -0.243. The van der Waals surface area contributed by atoms with Gasteiger partial charge in [-0.15, -0.1) is 0 Å². The lowest BCUT2D eigenvalue weighted by molar-refractivity contribution is -0.121. The second-order valence-corrected chi connectivity index (χ2v) is 8.54. The molecule has 11 nitrogen and oxygen atoms in total. The quantitative estimate of drug-likeness (QED) is 0.469. The molecule has 0 radical (unpaired) electrons. The second-order valence-electron chi connectivity index (χ2n) is 8.54. The number of piperazine rings is 1. The number of urea groups is 1. The van der Waals surface area contributed by atoms with Crippen molar-refractivity contribution in [2.24, 2.45) is 0 Å². The minimum Gasteiger partial charge on any atom is -0.497 e. The van der Waals surface area contributed by atoms with Crippen LogP contribution in [0.2, 0.25) is 0 Å². The molecule has 1 unspecified atom stereocenters. The summed E-state index contributed by atoms with van der Waals surface area (Å²) in [4.78, 5) is 42.6. The van der Waals surface area contributed by atoms with Crippen LogP contribution in [-0.2, 0) is 11.3 Å². The predicted molar refractivity (Wildman–Crippen MR) is 135 cm³/mol. The molecule has 4 rings (SSSR count). The molecule has 3 amide bonds. The number of ether oxygens (including phenoxy) is 1. The number of aromatic nitrogens is 4. The monoisotopic (exact) mass is 492 g/mol. The van der Waals surface area contributed by atoms with Gasteiger partial charge in [-0.1, -0.05) is 19.1 Å². The van der Waals surface area contributed by atoms with Crippen molar-refractivity contribution in [2.45, 2.75) is 32.4 Å². The summed E-state index contributed by atoms with van der Waals surface area (Å²) < 4.78 is 6.92. The largest absolute Gasteiger partial charge is 0.497 e. The van der Waals surface area contributed by atoms with Crippen molar-refractivity contribution in [2.75, 3.05) is 38.2 Å². The molecule has 1 aromatic carbocycles. The predicted octanol–water partition coefficient (Wildman–Crippen LogP) is 1.99. The number of carbonyl (C=O) groups excluding carboxylic acids is 2. The van der Waals surface area contributed by atoms with E-state index in [1.54, 1.807) is 41.5 Å². The molecule has 3 heterocycles. The smallest absolute Gasteiger partial charge is 0.317 e. The van der Waals surface area contributed by atoms with Crippen LogP contribution in [0.4, 0.5) is 10.6 Å². The number of methoxy groups -OCH3 is 1. The van der Waals surface area contributed by atoms with E-state index in [-0.39, 0.29) is 24.4 Å². The van der Waals surface area contributed by atoms with E-state index in [0.29, 0.717) is 44.5 Å². The van der Waals surface area contributed by atoms with Crippen LogP contribution in [0.5, 0.6) is 5.75 Å². The zero-order valence-corrected chi connectivity index (χ0v) is 20.6. The van der Waals surface area contributed by atoms with Crippen LogP contribution in [0.25, 0.3) is 5.95 Å². The molecule has 0 bridgehead atoms. The van der Waals surface area contributed by atoms with Crippen molar-refractivity contribution in [1.29, 1.82) is 0 Å². The first-order valence-electron chi connectivity index (χ1n) is 12.1. The molecule has 3 aromatic rings. The molecule has 1 aliphatic rings. The summed E-state index contributed by atoms with van der Waals surface area (Å²) in [6, 6.07) is 9.05. The van der Waals surface area contributed by atoms with Crippen LogP contribution in [0.3, 0.4) is 0 Å². The second kappa shape index (κ2) is 12.0. The Hall–Kier alpha value is -4.15. The van der Waals surface area contributed by atoms with Crippen molar-refractivity contribution in [1.82, 2.24) is 35.1 Å². The van der Waals surface area contributed by atoms with Gasteiger partial charge in [0, 0.05) is 57.7 Å². The van der Waals surface area contributed by atoms with Gasteiger partial charge < -0.3 is 25.2 Å². The van der Waals surface area contributed by atoms with E-state index >= 15 is 0 Å². The number of carbonyl (C=O) groups is 2. The molecule has 190 valence electrons. The number of hydrogen-bond donors (Lipinski definition) is 2. The van der Waals surface area contributed by atoms with E-state index in [1.165, 1.54) is 0 Å². The lowest BCUT2D eigenvalue weighted by atomic mass is 10.1. The molecule has 1 saturated heterocycles. The van der Waals surface area contributed by atoms with Crippen molar-refractivity contribution < 1.29 is 14.3 Å². The number of hydrogen-bond acceptors (Lipinski definition) is 7. The van der Waals surface area contributed by atoms with Gasteiger partial charge in [-0.25, -0.2) is 14.8 Å². The minimum absolute atomic E-state index is 0.0967. The zero-order valence-electron chi connectivity index (χ0n) is 20.6. The van der Waals surface area contributed by atoms with Crippen molar-refractivity contribution in [3.63, 3.8) is 0 Å². The van der Waals surface area contributed by atoms with E-state index in [2.05, 4.69) is 25.5 Å². The van der Waals surface area contributed by atoms with E-state index in [0.717, 1.165) is 17.7 Å². The summed E-state index contributed by atoms with van der Waals surface area (Å²) in [6.45, 7) is 4.54. The van der Waals surface area contributed by atoms with Crippen LogP contribution in [0, 0.1) is 0 Å². The van der Waals surface area contributed by atoms with Crippen LogP contribution in [0.15, 0.2) is 55.2 Å². The first-order valence-corrected chi connectivity index (χ1v) is 12.1. The summed E-state index contributed by atoms with van der Waals surface area (Å²) >= 11 is 0. The van der Waals surface area contributed by atoms with Gasteiger partial charge in [0.05, 0.1) is 13.2 Å². The highest BCUT2D eigenvalue weighted by molar-refractivity contribution is 5.78. The maximum absolute atomic E-state index is 13.0. The van der Waals surface area contributed by atoms with Gasteiger partial charge in [-0.3, -0.25) is 9.36 Å². The zero-order chi connectivity index (χ0) is 25.3. The maximum Gasteiger partial charge on any atom is 0.317 e. The number of amides is 3. The molecule has 1 atom stereocenters. The number of nitrogens with zero attached hydrogens (tertiary/aromatic N) is 6. The van der Waals surface area contributed by atoms with Crippen LogP contribution >= 0.6 is 0 Å². The van der Waals surface area contributed by atoms with Crippen molar-refractivity contribution in [3.8, 4) is 11.7 Å². The molecule has 2 aromatic heterocycles. The Morgan fingerprint density at radius 2 is 1.94 bits per heavy atom. The summed E-state index contributed by atoms with van der Waals surface area (Å²) in [5, 5.41) is 5.93. The van der Waals surface area contributed by atoms with E-state index < -0.39 is 0 Å². The van der Waals surface area contributed by atoms with Crippen LogP contribution < -0.4 is 20.3 Å². The summed E-state index contributed by atoms with van der Waals surface area (Å²) in [5.74, 6) is 1.87. The van der Waals surface area contributed by atoms with Gasteiger partial charge in [-0.2, -0.15) is 4.98 Å². The van der Waals surface area contributed by atoms with Crippen LogP contribution in [0.1, 0.15) is 25.3 Å². The first kappa shape index (κ1) is 25.0. The normalized spacial score (nSPS) is 15.4. The lowest BCUT2D eigenvalue weighted by Gasteiger charge is -2.41. The Kier molecular flexibility index (Phi) is 8.32. The molecular formula is C25H32N8O3. The Labute approximate surface area is 210 Å². The lowest BCUT2D eigenvalue weighted by Crippen LogP contribution is -2.58. The number of rotatable bonds is 9. The highest BCUT2D eigenvalue weighted by atomic mass is 16.5. The highest BCUT2D eigenvalue weighted by Crippen LogP contribution is 2.21.